The van der Waals surface area contributed by atoms with E-state index < -0.39 is 0 Å². The minimum atomic E-state index is 0.566. The topological polar surface area (TPSA) is 57.7 Å². The number of nitrogens with zero attached hydrogens (tertiary/aromatic N) is 4. The average Bonchev–Trinajstić information content (AvgIpc) is 2.65. The number of H-pyrrole nitrogens is 1. The summed E-state index contributed by atoms with van der Waals surface area (Å²) in [5.41, 5.74) is 1.52. The number of hydrogen-bond donors (Lipinski definition) is 1. The zero-order valence-corrected chi connectivity index (χ0v) is 8.49. The Labute approximate surface area is 86.1 Å². The van der Waals surface area contributed by atoms with Gasteiger partial charge in [0.15, 0.2) is 11.5 Å². The fourth-order valence-electron chi connectivity index (χ4n) is 1.27. The first-order chi connectivity index (χ1) is 6.83. The number of halogens is 1. The van der Waals surface area contributed by atoms with Crippen LogP contribution in [0.4, 0.5) is 5.82 Å². The predicted molar refractivity (Wildman–Crippen MR) is 55.7 cm³/mol. The van der Waals surface area contributed by atoms with E-state index in [0.717, 1.165) is 17.9 Å². The third-order valence-electron chi connectivity index (χ3n) is 1.98. The molecule has 0 atom stereocenters. The largest absolute Gasteiger partial charge is 0.357 e. The van der Waals surface area contributed by atoms with Gasteiger partial charge < -0.3 is 9.88 Å². The van der Waals surface area contributed by atoms with Crippen LogP contribution in [-0.4, -0.2) is 39.4 Å². The van der Waals surface area contributed by atoms with Crippen molar-refractivity contribution in [2.45, 2.75) is 0 Å². The van der Waals surface area contributed by atoms with Gasteiger partial charge in [-0.05, 0) is 0 Å². The highest BCUT2D eigenvalue weighted by Crippen LogP contribution is 2.17. The van der Waals surface area contributed by atoms with Crippen LogP contribution in [0.2, 0.25) is 0 Å². The average molecular weight is 212 g/mol. The quantitative estimate of drug-likeness (QED) is 0.771. The molecule has 0 aliphatic rings. The Hall–Kier alpha value is -1.36. The minimum Gasteiger partial charge on any atom is -0.357 e. The van der Waals surface area contributed by atoms with Crippen LogP contribution in [0.3, 0.4) is 0 Å². The van der Waals surface area contributed by atoms with E-state index in [9.17, 15) is 0 Å². The van der Waals surface area contributed by atoms with Gasteiger partial charge in [0, 0.05) is 19.5 Å². The van der Waals surface area contributed by atoms with Crippen LogP contribution in [-0.2, 0) is 0 Å². The summed E-state index contributed by atoms with van der Waals surface area (Å²) in [5.74, 6) is 1.39. The summed E-state index contributed by atoms with van der Waals surface area (Å²) in [6, 6.07) is 0. The lowest BCUT2D eigenvalue weighted by molar-refractivity contribution is 0.942. The standard InChI is InChI=1S/C8H10ClN5/c1-14(3-2-9)8-6-7(11-4-10-6)12-5-13-8/h4-5H,2-3H2,1H3,(H,10,11,12,13). The molecule has 2 heterocycles. The minimum absolute atomic E-state index is 0.566. The Morgan fingerprint density at radius 3 is 3.07 bits per heavy atom. The van der Waals surface area contributed by atoms with Gasteiger partial charge in [-0.2, -0.15) is 0 Å². The maximum absolute atomic E-state index is 5.66. The summed E-state index contributed by atoms with van der Waals surface area (Å²) in [6.07, 6.45) is 3.11. The summed E-state index contributed by atoms with van der Waals surface area (Å²) >= 11 is 5.66. The molecule has 5 nitrogen and oxygen atoms in total. The highest BCUT2D eigenvalue weighted by atomic mass is 35.5. The van der Waals surface area contributed by atoms with E-state index in [1.165, 1.54) is 6.33 Å². The van der Waals surface area contributed by atoms with E-state index in [-0.39, 0.29) is 0 Å². The molecule has 2 aromatic rings. The third-order valence-corrected chi connectivity index (χ3v) is 2.15. The van der Waals surface area contributed by atoms with Gasteiger partial charge in [-0.3, -0.25) is 0 Å². The zero-order chi connectivity index (χ0) is 9.97. The molecule has 2 aromatic heterocycles. The molecule has 0 amide bonds. The first-order valence-electron chi connectivity index (χ1n) is 4.24. The molecule has 0 saturated heterocycles. The van der Waals surface area contributed by atoms with E-state index in [0.29, 0.717) is 11.5 Å². The fourth-order valence-corrected chi connectivity index (χ4v) is 1.53. The van der Waals surface area contributed by atoms with E-state index in [1.807, 2.05) is 11.9 Å². The highest BCUT2D eigenvalue weighted by molar-refractivity contribution is 6.18. The zero-order valence-electron chi connectivity index (χ0n) is 7.74. The lowest BCUT2D eigenvalue weighted by Crippen LogP contribution is -2.21. The molecule has 0 bridgehead atoms. The number of nitrogens with one attached hydrogen (secondary N) is 1. The van der Waals surface area contributed by atoms with Crippen molar-refractivity contribution in [2.24, 2.45) is 0 Å². The van der Waals surface area contributed by atoms with Crippen molar-refractivity contribution in [2.75, 3.05) is 24.4 Å². The summed E-state index contributed by atoms with van der Waals surface area (Å²) in [7, 11) is 1.94. The van der Waals surface area contributed by atoms with Gasteiger partial charge in [0.05, 0.1) is 6.33 Å². The molecule has 2 rings (SSSR count). The van der Waals surface area contributed by atoms with E-state index in [1.54, 1.807) is 6.33 Å². The smallest absolute Gasteiger partial charge is 0.182 e. The number of fused-ring (bicyclic) bond motifs is 1. The van der Waals surface area contributed by atoms with Crippen LogP contribution in [0.1, 0.15) is 0 Å². The third kappa shape index (κ3) is 1.50. The van der Waals surface area contributed by atoms with Gasteiger partial charge in [0.2, 0.25) is 0 Å². The fraction of sp³-hybridized carbons (Fsp3) is 0.375. The second-order valence-electron chi connectivity index (χ2n) is 2.91. The number of rotatable bonds is 3. The second-order valence-corrected chi connectivity index (χ2v) is 3.29. The van der Waals surface area contributed by atoms with Gasteiger partial charge >= 0.3 is 0 Å². The first kappa shape index (κ1) is 9.21. The van der Waals surface area contributed by atoms with Gasteiger partial charge in [0.25, 0.3) is 0 Å². The second kappa shape index (κ2) is 3.79. The summed E-state index contributed by atoms with van der Waals surface area (Å²) < 4.78 is 0. The normalized spacial score (nSPS) is 10.7. The molecule has 14 heavy (non-hydrogen) atoms. The molecular weight excluding hydrogens is 202 g/mol. The molecular formula is C8H10ClN5. The highest BCUT2D eigenvalue weighted by Gasteiger charge is 2.08. The van der Waals surface area contributed by atoms with Crippen LogP contribution in [0, 0.1) is 0 Å². The van der Waals surface area contributed by atoms with Crippen molar-refractivity contribution in [1.29, 1.82) is 0 Å². The van der Waals surface area contributed by atoms with Gasteiger partial charge in [-0.25, -0.2) is 15.0 Å². The van der Waals surface area contributed by atoms with Crippen LogP contribution < -0.4 is 4.90 Å². The van der Waals surface area contributed by atoms with E-state index >= 15 is 0 Å². The maximum Gasteiger partial charge on any atom is 0.182 e. The molecule has 0 fully saturated rings. The number of hydrogen-bond acceptors (Lipinski definition) is 4. The summed E-state index contributed by atoms with van der Waals surface area (Å²) in [6.45, 7) is 0.743. The Morgan fingerprint density at radius 2 is 2.29 bits per heavy atom. The van der Waals surface area contributed by atoms with Crippen molar-refractivity contribution in [3.63, 3.8) is 0 Å². The van der Waals surface area contributed by atoms with Crippen LogP contribution >= 0.6 is 11.6 Å². The Bertz CT molecular complexity index is 426. The summed E-state index contributed by atoms with van der Waals surface area (Å²) in [5, 5.41) is 0. The van der Waals surface area contributed by atoms with Crippen molar-refractivity contribution < 1.29 is 0 Å². The van der Waals surface area contributed by atoms with E-state index in [2.05, 4.69) is 19.9 Å². The van der Waals surface area contributed by atoms with Crippen molar-refractivity contribution in [1.82, 2.24) is 19.9 Å². The van der Waals surface area contributed by atoms with Gasteiger partial charge in [-0.15, -0.1) is 11.6 Å². The monoisotopic (exact) mass is 211 g/mol. The molecule has 0 aliphatic carbocycles. The summed E-state index contributed by atoms with van der Waals surface area (Å²) in [4.78, 5) is 17.2. The predicted octanol–water partition coefficient (Wildman–Crippen LogP) is 1.03. The molecule has 0 aromatic carbocycles. The first-order valence-corrected chi connectivity index (χ1v) is 4.77. The molecule has 6 heteroatoms. The SMILES string of the molecule is CN(CCCl)c1ncnc2nc[nH]c12. The van der Waals surface area contributed by atoms with E-state index in [4.69, 9.17) is 11.6 Å². The lowest BCUT2D eigenvalue weighted by Gasteiger charge is -2.16. The molecule has 0 radical (unpaired) electrons. The molecule has 0 spiro atoms. The number of imidazole rings is 1. The Morgan fingerprint density at radius 1 is 1.43 bits per heavy atom. The number of anilines is 1. The molecule has 0 aliphatic heterocycles. The van der Waals surface area contributed by atoms with Gasteiger partial charge in [0.1, 0.15) is 11.8 Å². The van der Waals surface area contributed by atoms with Crippen LogP contribution in [0.25, 0.3) is 11.2 Å². The number of aromatic amines is 1. The number of alkyl halides is 1. The van der Waals surface area contributed by atoms with Crippen LogP contribution in [0.5, 0.6) is 0 Å². The lowest BCUT2D eigenvalue weighted by atomic mass is 10.4. The van der Waals surface area contributed by atoms with Crippen molar-refractivity contribution >= 4 is 28.6 Å². The van der Waals surface area contributed by atoms with Crippen molar-refractivity contribution in [3.8, 4) is 0 Å². The molecule has 74 valence electrons. The molecule has 0 unspecified atom stereocenters. The van der Waals surface area contributed by atoms with Crippen LogP contribution in [0.15, 0.2) is 12.7 Å². The molecule has 1 N–H and O–H groups in total. The number of aromatic nitrogens is 4. The van der Waals surface area contributed by atoms with Gasteiger partial charge in [-0.1, -0.05) is 0 Å². The maximum atomic E-state index is 5.66. The Balaban J connectivity index is 2.45. The Kier molecular flexibility index (Phi) is 2.49. The molecule has 0 saturated carbocycles. The van der Waals surface area contributed by atoms with Crippen molar-refractivity contribution in [3.05, 3.63) is 12.7 Å².